The van der Waals surface area contributed by atoms with Gasteiger partial charge in [0.15, 0.2) is 0 Å². The van der Waals surface area contributed by atoms with Crippen LogP contribution in [0.3, 0.4) is 0 Å². The number of aromatic nitrogens is 1. The average Bonchev–Trinajstić information content (AvgIpc) is 2.93. The monoisotopic (exact) mass is 328 g/mol. The highest BCUT2D eigenvalue weighted by Crippen LogP contribution is 2.28. The Morgan fingerprint density at radius 2 is 1.75 bits per heavy atom. The number of ether oxygens (including phenoxy) is 1. The Morgan fingerprint density at radius 1 is 1.12 bits per heavy atom. The zero-order valence-corrected chi connectivity index (χ0v) is 14.5. The van der Waals surface area contributed by atoms with E-state index in [-0.39, 0.29) is 12.0 Å². The van der Waals surface area contributed by atoms with Gasteiger partial charge in [-0.3, -0.25) is 4.79 Å². The Balaban J connectivity index is 1.96. The van der Waals surface area contributed by atoms with Gasteiger partial charge in [0.2, 0.25) is 0 Å². The van der Waals surface area contributed by atoms with Crippen LogP contribution in [0.1, 0.15) is 34.6 Å². The molecular weight excluding hydrogens is 304 g/mol. The van der Waals surface area contributed by atoms with Gasteiger partial charge in [-0.05, 0) is 57.0 Å². The summed E-state index contributed by atoms with van der Waals surface area (Å²) in [4.78, 5) is 14.6. The number of aliphatic hydroxyl groups is 1. The minimum atomic E-state index is -0.286. The molecule has 0 radical (unpaired) electrons. The molecule has 0 aliphatic carbocycles. The molecule has 5 heteroatoms. The van der Waals surface area contributed by atoms with Crippen molar-refractivity contribution >= 4 is 5.91 Å². The summed E-state index contributed by atoms with van der Waals surface area (Å²) in [6, 6.07) is 9.65. The lowest BCUT2D eigenvalue weighted by Crippen LogP contribution is -2.40. The molecule has 0 bridgehead atoms. The summed E-state index contributed by atoms with van der Waals surface area (Å²) in [6.45, 7) is 5.27. The minimum absolute atomic E-state index is 0.00765. The van der Waals surface area contributed by atoms with Gasteiger partial charge in [-0.15, -0.1) is 0 Å². The third-order valence-electron chi connectivity index (χ3n) is 4.69. The number of rotatable bonds is 3. The number of amides is 1. The van der Waals surface area contributed by atoms with Crippen molar-refractivity contribution in [2.45, 2.75) is 32.8 Å². The van der Waals surface area contributed by atoms with E-state index in [1.165, 1.54) is 0 Å². The zero-order chi connectivity index (χ0) is 17.3. The van der Waals surface area contributed by atoms with E-state index in [2.05, 4.69) is 16.7 Å². The van der Waals surface area contributed by atoms with Gasteiger partial charge in [-0.1, -0.05) is 0 Å². The van der Waals surface area contributed by atoms with Gasteiger partial charge in [-0.25, -0.2) is 0 Å². The smallest absolute Gasteiger partial charge is 0.253 e. The SMILES string of the molecule is COc1ccc(C(=O)N2CCC(O)CC2)cc1-n1c(C)ccc1C. The molecule has 0 unspecified atom stereocenters. The summed E-state index contributed by atoms with van der Waals surface area (Å²) in [5.41, 5.74) is 3.71. The predicted octanol–water partition coefficient (Wildman–Crippen LogP) is 2.70. The van der Waals surface area contributed by atoms with Crippen LogP contribution in [-0.4, -0.2) is 46.8 Å². The van der Waals surface area contributed by atoms with Gasteiger partial charge in [0, 0.05) is 30.0 Å². The van der Waals surface area contributed by atoms with Crippen molar-refractivity contribution in [2.75, 3.05) is 20.2 Å². The molecule has 1 saturated heterocycles. The molecule has 1 amide bonds. The van der Waals surface area contributed by atoms with E-state index >= 15 is 0 Å². The quantitative estimate of drug-likeness (QED) is 0.942. The van der Waals surface area contributed by atoms with Gasteiger partial charge >= 0.3 is 0 Å². The zero-order valence-electron chi connectivity index (χ0n) is 14.5. The van der Waals surface area contributed by atoms with Crippen LogP contribution in [0.15, 0.2) is 30.3 Å². The van der Waals surface area contributed by atoms with Crippen molar-refractivity contribution in [1.82, 2.24) is 9.47 Å². The van der Waals surface area contributed by atoms with Crippen LogP contribution < -0.4 is 4.74 Å². The molecule has 24 heavy (non-hydrogen) atoms. The first-order chi connectivity index (χ1) is 11.5. The second-order valence-corrected chi connectivity index (χ2v) is 6.36. The molecule has 0 atom stereocenters. The van der Waals surface area contributed by atoms with Crippen LogP contribution in [0.4, 0.5) is 0 Å². The average molecular weight is 328 g/mol. The third kappa shape index (κ3) is 3.04. The number of nitrogens with zero attached hydrogens (tertiary/aromatic N) is 2. The van der Waals surface area contributed by atoms with Crippen molar-refractivity contribution < 1.29 is 14.6 Å². The van der Waals surface area contributed by atoms with Crippen LogP contribution in [0.25, 0.3) is 5.69 Å². The summed E-state index contributed by atoms with van der Waals surface area (Å²) in [5, 5.41) is 9.62. The van der Waals surface area contributed by atoms with E-state index in [9.17, 15) is 9.90 Å². The van der Waals surface area contributed by atoms with Crippen LogP contribution in [0.2, 0.25) is 0 Å². The molecule has 1 fully saturated rings. The maximum atomic E-state index is 12.8. The van der Waals surface area contributed by atoms with Crippen molar-refractivity contribution in [1.29, 1.82) is 0 Å². The maximum absolute atomic E-state index is 12.8. The van der Waals surface area contributed by atoms with E-state index in [1.807, 2.05) is 36.9 Å². The fourth-order valence-corrected chi connectivity index (χ4v) is 3.30. The van der Waals surface area contributed by atoms with Crippen molar-refractivity contribution in [3.63, 3.8) is 0 Å². The normalized spacial score (nSPS) is 15.6. The standard InChI is InChI=1S/C19H24N2O3/c1-13-4-5-14(2)21(13)17-12-15(6-7-18(17)24-3)19(23)20-10-8-16(22)9-11-20/h4-7,12,16,22H,8-11H2,1-3H3. The van der Waals surface area contributed by atoms with Gasteiger partial charge in [0.25, 0.3) is 5.91 Å². The fraction of sp³-hybridized carbons (Fsp3) is 0.421. The maximum Gasteiger partial charge on any atom is 0.253 e. The van der Waals surface area contributed by atoms with E-state index in [0.717, 1.165) is 22.8 Å². The van der Waals surface area contributed by atoms with Crippen LogP contribution in [-0.2, 0) is 0 Å². The molecule has 1 aliphatic rings. The van der Waals surface area contributed by atoms with Crippen LogP contribution in [0.5, 0.6) is 5.75 Å². The Labute approximate surface area is 142 Å². The number of aliphatic hydroxyl groups excluding tert-OH is 1. The number of hydrogen-bond acceptors (Lipinski definition) is 3. The molecule has 1 aromatic heterocycles. The molecule has 5 nitrogen and oxygen atoms in total. The van der Waals surface area contributed by atoms with Crippen molar-refractivity contribution in [3.05, 3.63) is 47.3 Å². The fourth-order valence-electron chi connectivity index (χ4n) is 3.30. The second kappa shape index (κ2) is 6.69. The molecule has 1 N–H and O–H groups in total. The van der Waals surface area contributed by atoms with Crippen molar-refractivity contribution in [2.24, 2.45) is 0 Å². The predicted molar refractivity (Wildman–Crippen MR) is 92.9 cm³/mol. The highest BCUT2D eigenvalue weighted by atomic mass is 16.5. The topological polar surface area (TPSA) is 54.7 Å². The lowest BCUT2D eigenvalue weighted by atomic mass is 10.1. The number of methoxy groups -OCH3 is 1. The molecule has 2 heterocycles. The third-order valence-corrected chi connectivity index (χ3v) is 4.69. The lowest BCUT2D eigenvalue weighted by Gasteiger charge is -2.30. The number of benzene rings is 1. The molecule has 2 aromatic rings. The van der Waals surface area contributed by atoms with Crippen LogP contribution in [0, 0.1) is 13.8 Å². The molecular formula is C19H24N2O3. The number of piperidine rings is 1. The Morgan fingerprint density at radius 3 is 2.33 bits per heavy atom. The van der Waals surface area contributed by atoms with E-state index in [4.69, 9.17) is 4.74 Å². The van der Waals surface area contributed by atoms with Gasteiger partial charge in [-0.2, -0.15) is 0 Å². The molecule has 1 aliphatic heterocycles. The Kier molecular flexibility index (Phi) is 4.62. The number of likely N-dealkylation sites (tertiary alicyclic amines) is 1. The number of carbonyl (C=O) groups excluding carboxylic acids is 1. The molecule has 128 valence electrons. The first-order valence-corrected chi connectivity index (χ1v) is 8.32. The van der Waals surface area contributed by atoms with E-state index < -0.39 is 0 Å². The Bertz CT molecular complexity index is 724. The van der Waals surface area contributed by atoms with E-state index in [1.54, 1.807) is 7.11 Å². The van der Waals surface area contributed by atoms with Gasteiger partial charge < -0.3 is 19.3 Å². The minimum Gasteiger partial charge on any atom is -0.495 e. The summed E-state index contributed by atoms with van der Waals surface area (Å²) < 4.78 is 7.59. The summed E-state index contributed by atoms with van der Waals surface area (Å²) in [6.07, 6.45) is 1.00. The van der Waals surface area contributed by atoms with E-state index in [0.29, 0.717) is 31.5 Å². The first kappa shape index (κ1) is 16.6. The highest BCUT2D eigenvalue weighted by Gasteiger charge is 2.23. The summed E-state index contributed by atoms with van der Waals surface area (Å²) >= 11 is 0. The largest absolute Gasteiger partial charge is 0.495 e. The lowest BCUT2D eigenvalue weighted by molar-refractivity contribution is 0.0546. The van der Waals surface area contributed by atoms with Gasteiger partial charge in [0.05, 0.1) is 18.9 Å². The second-order valence-electron chi connectivity index (χ2n) is 6.36. The number of aryl methyl sites for hydroxylation is 2. The molecule has 0 saturated carbocycles. The highest BCUT2D eigenvalue weighted by molar-refractivity contribution is 5.95. The number of hydrogen-bond donors (Lipinski definition) is 1. The molecule has 3 rings (SSSR count). The summed E-state index contributed by atoms with van der Waals surface area (Å²) in [5.74, 6) is 0.747. The molecule has 0 spiro atoms. The Hall–Kier alpha value is -2.27. The number of carbonyl (C=O) groups is 1. The van der Waals surface area contributed by atoms with Crippen LogP contribution >= 0.6 is 0 Å². The van der Waals surface area contributed by atoms with Crippen molar-refractivity contribution in [3.8, 4) is 11.4 Å². The summed E-state index contributed by atoms with van der Waals surface area (Å²) in [7, 11) is 1.64. The molecule has 1 aromatic carbocycles. The first-order valence-electron chi connectivity index (χ1n) is 8.32. The van der Waals surface area contributed by atoms with Gasteiger partial charge in [0.1, 0.15) is 5.75 Å².